The van der Waals surface area contributed by atoms with E-state index in [9.17, 15) is 9.59 Å². The highest BCUT2D eigenvalue weighted by atomic mass is 16.5. The Morgan fingerprint density at radius 1 is 1.35 bits per heavy atom. The molecule has 5 heteroatoms. The zero-order valence-corrected chi connectivity index (χ0v) is 10.1. The summed E-state index contributed by atoms with van der Waals surface area (Å²) in [5.41, 5.74) is 0.0347. The number of carboxylic acid groups (broad SMARTS) is 1. The Balaban J connectivity index is 1.84. The molecule has 0 spiro atoms. The van der Waals surface area contributed by atoms with E-state index < -0.39 is 11.9 Å². The van der Waals surface area contributed by atoms with Gasteiger partial charge >= 0.3 is 5.97 Å². The number of carbonyl (C=O) groups is 2. The molecule has 2 unspecified atom stereocenters. The highest BCUT2D eigenvalue weighted by Gasteiger charge is 2.39. The van der Waals surface area contributed by atoms with Crippen molar-refractivity contribution < 1.29 is 19.4 Å². The smallest absolute Gasteiger partial charge is 0.307 e. The van der Waals surface area contributed by atoms with Crippen molar-refractivity contribution in [3.8, 4) is 0 Å². The number of carbonyl (C=O) groups excluding carboxylic acids is 1. The molecule has 5 nitrogen and oxygen atoms in total. The van der Waals surface area contributed by atoms with Crippen molar-refractivity contribution in [2.45, 2.75) is 26.2 Å². The van der Waals surface area contributed by atoms with Gasteiger partial charge < -0.3 is 15.2 Å². The number of carboxylic acids is 1. The second kappa shape index (κ2) is 4.64. The van der Waals surface area contributed by atoms with Gasteiger partial charge in [-0.1, -0.05) is 13.3 Å². The maximum absolute atomic E-state index is 11.9. The summed E-state index contributed by atoms with van der Waals surface area (Å²) in [5.74, 6) is -1.80. The van der Waals surface area contributed by atoms with Crippen LogP contribution in [0.1, 0.15) is 26.2 Å². The molecule has 1 aliphatic heterocycles. The van der Waals surface area contributed by atoms with Gasteiger partial charge in [0.05, 0.1) is 25.0 Å². The SMILES string of the molecule is CC1(CNC(=O)C2CCCC2C(=O)O)COC1. The van der Waals surface area contributed by atoms with Gasteiger partial charge in [-0.25, -0.2) is 0 Å². The lowest BCUT2D eigenvalue weighted by molar-refractivity contribution is -0.146. The zero-order valence-electron chi connectivity index (χ0n) is 10.1. The van der Waals surface area contributed by atoms with Gasteiger partial charge in [-0.15, -0.1) is 0 Å². The van der Waals surface area contributed by atoms with E-state index in [-0.39, 0.29) is 17.2 Å². The van der Waals surface area contributed by atoms with E-state index in [0.717, 1.165) is 6.42 Å². The van der Waals surface area contributed by atoms with Crippen LogP contribution >= 0.6 is 0 Å². The second-order valence-electron chi connectivity index (χ2n) is 5.50. The number of ether oxygens (including phenoxy) is 1. The van der Waals surface area contributed by atoms with Gasteiger partial charge in [0.15, 0.2) is 0 Å². The van der Waals surface area contributed by atoms with E-state index >= 15 is 0 Å². The van der Waals surface area contributed by atoms with Crippen LogP contribution in [0.5, 0.6) is 0 Å². The summed E-state index contributed by atoms with van der Waals surface area (Å²) < 4.78 is 5.11. The molecule has 17 heavy (non-hydrogen) atoms. The molecule has 0 radical (unpaired) electrons. The van der Waals surface area contributed by atoms with Crippen molar-refractivity contribution in [2.75, 3.05) is 19.8 Å². The number of nitrogens with one attached hydrogen (secondary N) is 1. The summed E-state index contributed by atoms with van der Waals surface area (Å²) in [5, 5.41) is 11.9. The summed E-state index contributed by atoms with van der Waals surface area (Å²) in [4.78, 5) is 22.9. The first kappa shape index (κ1) is 12.4. The molecule has 0 bridgehead atoms. The molecular weight excluding hydrogens is 222 g/mol. The topological polar surface area (TPSA) is 75.6 Å². The highest BCUT2D eigenvalue weighted by molar-refractivity contribution is 5.85. The molecule has 1 heterocycles. The minimum absolute atomic E-state index is 0.0347. The van der Waals surface area contributed by atoms with Crippen LogP contribution < -0.4 is 5.32 Å². The largest absolute Gasteiger partial charge is 0.481 e. The first-order chi connectivity index (χ1) is 8.02. The lowest BCUT2D eigenvalue weighted by Gasteiger charge is -2.38. The predicted molar refractivity (Wildman–Crippen MR) is 60.4 cm³/mol. The van der Waals surface area contributed by atoms with Crippen molar-refractivity contribution in [3.05, 3.63) is 0 Å². The maximum atomic E-state index is 11.9. The molecule has 0 aromatic heterocycles. The van der Waals surface area contributed by atoms with E-state index in [4.69, 9.17) is 9.84 Å². The van der Waals surface area contributed by atoms with E-state index in [1.54, 1.807) is 0 Å². The molecule has 0 aromatic carbocycles. The van der Waals surface area contributed by atoms with Crippen LogP contribution in [0.4, 0.5) is 0 Å². The van der Waals surface area contributed by atoms with Gasteiger partial charge in [0.25, 0.3) is 0 Å². The van der Waals surface area contributed by atoms with Crippen LogP contribution in [0.2, 0.25) is 0 Å². The normalized spacial score (nSPS) is 30.6. The number of hydrogen-bond donors (Lipinski definition) is 2. The van der Waals surface area contributed by atoms with E-state index in [2.05, 4.69) is 12.2 Å². The van der Waals surface area contributed by atoms with Gasteiger partial charge in [0.2, 0.25) is 5.91 Å². The lowest BCUT2D eigenvalue weighted by atomic mass is 9.88. The van der Waals surface area contributed by atoms with Crippen molar-refractivity contribution in [1.82, 2.24) is 5.32 Å². The average Bonchev–Trinajstić information content (AvgIpc) is 2.72. The Morgan fingerprint density at radius 2 is 2.00 bits per heavy atom. The maximum Gasteiger partial charge on any atom is 0.307 e. The van der Waals surface area contributed by atoms with Crippen LogP contribution in [-0.2, 0) is 14.3 Å². The molecular formula is C12H19NO4. The monoisotopic (exact) mass is 241 g/mol. The summed E-state index contributed by atoms with van der Waals surface area (Å²) >= 11 is 0. The van der Waals surface area contributed by atoms with Crippen molar-refractivity contribution in [2.24, 2.45) is 17.3 Å². The second-order valence-corrected chi connectivity index (χ2v) is 5.50. The van der Waals surface area contributed by atoms with Gasteiger partial charge in [-0.05, 0) is 12.8 Å². The van der Waals surface area contributed by atoms with E-state index in [0.29, 0.717) is 32.6 Å². The quantitative estimate of drug-likeness (QED) is 0.757. The van der Waals surface area contributed by atoms with Gasteiger partial charge in [0, 0.05) is 12.0 Å². The van der Waals surface area contributed by atoms with Crippen LogP contribution in [0.15, 0.2) is 0 Å². The molecule has 0 aromatic rings. The van der Waals surface area contributed by atoms with Gasteiger partial charge in [-0.2, -0.15) is 0 Å². The molecule has 2 atom stereocenters. The first-order valence-corrected chi connectivity index (χ1v) is 6.10. The highest BCUT2D eigenvalue weighted by Crippen LogP contribution is 2.32. The van der Waals surface area contributed by atoms with Crippen LogP contribution in [0.3, 0.4) is 0 Å². The Hall–Kier alpha value is -1.10. The number of aliphatic carboxylic acids is 1. The van der Waals surface area contributed by atoms with Gasteiger partial charge in [-0.3, -0.25) is 9.59 Å². The summed E-state index contributed by atoms with van der Waals surface area (Å²) in [6, 6.07) is 0. The Bertz CT molecular complexity index is 324. The molecule has 96 valence electrons. The van der Waals surface area contributed by atoms with Gasteiger partial charge in [0.1, 0.15) is 0 Å². The third-order valence-corrected chi connectivity index (χ3v) is 3.76. The Labute approximate surface area is 101 Å². The third-order valence-electron chi connectivity index (χ3n) is 3.76. The first-order valence-electron chi connectivity index (χ1n) is 6.10. The van der Waals surface area contributed by atoms with Crippen LogP contribution in [-0.4, -0.2) is 36.7 Å². The molecule has 2 rings (SSSR count). The van der Waals surface area contributed by atoms with Crippen molar-refractivity contribution in [3.63, 3.8) is 0 Å². The number of amides is 1. The van der Waals surface area contributed by atoms with Crippen molar-refractivity contribution >= 4 is 11.9 Å². The predicted octanol–water partition coefficient (Wildman–Crippen LogP) is 0.640. The molecule has 1 amide bonds. The molecule has 2 N–H and O–H groups in total. The minimum Gasteiger partial charge on any atom is -0.481 e. The summed E-state index contributed by atoms with van der Waals surface area (Å²) in [7, 11) is 0. The third kappa shape index (κ3) is 2.60. The van der Waals surface area contributed by atoms with E-state index in [1.165, 1.54) is 0 Å². The fourth-order valence-electron chi connectivity index (χ4n) is 2.55. The van der Waals surface area contributed by atoms with Crippen LogP contribution in [0, 0.1) is 17.3 Å². The fourth-order valence-corrected chi connectivity index (χ4v) is 2.55. The van der Waals surface area contributed by atoms with Crippen molar-refractivity contribution in [1.29, 1.82) is 0 Å². The number of rotatable bonds is 4. The average molecular weight is 241 g/mol. The summed E-state index contributed by atoms with van der Waals surface area (Å²) in [6.07, 6.45) is 2.14. The Kier molecular flexibility index (Phi) is 3.38. The molecule has 2 fully saturated rings. The van der Waals surface area contributed by atoms with Crippen LogP contribution in [0.25, 0.3) is 0 Å². The molecule has 1 saturated carbocycles. The zero-order chi connectivity index (χ0) is 12.5. The lowest BCUT2D eigenvalue weighted by Crippen LogP contribution is -2.50. The minimum atomic E-state index is -0.846. The molecule has 1 saturated heterocycles. The molecule has 2 aliphatic rings. The van der Waals surface area contributed by atoms with E-state index in [1.807, 2.05) is 0 Å². The Morgan fingerprint density at radius 3 is 2.53 bits per heavy atom. The fraction of sp³-hybridized carbons (Fsp3) is 0.833. The summed E-state index contributed by atoms with van der Waals surface area (Å²) in [6.45, 7) is 3.97. The number of hydrogen-bond acceptors (Lipinski definition) is 3. The molecule has 1 aliphatic carbocycles. The standard InChI is InChI=1S/C12H19NO4/c1-12(6-17-7-12)5-13-10(14)8-3-2-4-9(8)11(15)16/h8-9H,2-7H2,1H3,(H,13,14)(H,15,16).